The van der Waals surface area contributed by atoms with Crippen LogP contribution in [-0.4, -0.2) is 47.1 Å². The highest BCUT2D eigenvalue weighted by Crippen LogP contribution is 2.36. The van der Waals surface area contributed by atoms with Gasteiger partial charge in [-0.2, -0.15) is 0 Å². The zero-order chi connectivity index (χ0) is 26.5. The minimum Gasteiger partial charge on any atom is -0.497 e. The van der Waals surface area contributed by atoms with Crippen LogP contribution < -0.4 is 19.7 Å². The summed E-state index contributed by atoms with van der Waals surface area (Å²) in [5.74, 6) is 0.451. The average Bonchev–Trinajstić information content (AvgIpc) is 3.61. The van der Waals surface area contributed by atoms with Crippen LogP contribution in [0.1, 0.15) is 37.3 Å². The van der Waals surface area contributed by atoms with Crippen molar-refractivity contribution in [1.82, 2.24) is 20.3 Å². The van der Waals surface area contributed by atoms with E-state index in [0.29, 0.717) is 28.3 Å². The summed E-state index contributed by atoms with van der Waals surface area (Å²) in [6.45, 7) is -0.102. The van der Waals surface area contributed by atoms with Gasteiger partial charge < -0.3 is 14.8 Å². The lowest BCUT2D eigenvalue weighted by Gasteiger charge is -2.33. The Morgan fingerprint density at radius 1 is 1.00 bits per heavy atom. The topological polar surface area (TPSA) is 98.6 Å². The summed E-state index contributed by atoms with van der Waals surface area (Å²) in [7, 11) is 3.11. The van der Waals surface area contributed by atoms with Crippen LogP contribution in [0.2, 0.25) is 0 Å². The van der Waals surface area contributed by atoms with Gasteiger partial charge in [0.1, 0.15) is 29.6 Å². The first-order chi connectivity index (χ1) is 18.6. The first-order valence-corrected chi connectivity index (χ1v) is 12.8. The van der Waals surface area contributed by atoms with Crippen LogP contribution in [0.15, 0.2) is 72.8 Å². The predicted molar refractivity (Wildman–Crippen MR) is 144 cm³/mol. The monoisotopic (exact) mass is 513 g/mol. The molecule has 0 aliphatic heterocycles. The lowest BCUT2D eigenvalue weighted by molar-refractivity contribution is -0.127. The Morgan fingerprint density at radius 3 is 2.47 bits per heavy atom. The van der Waals surface area contributed by atoms with Gasteiger partial charge in [0.05, 0.1) is 19.7 Å². The molecule has 0 bridgehead atoms. The third-order valence-corrected chi connectivity index (χ3v) is 6.95. The van der Waals surface area contributed by atoms with Crippen molar-refractivity contribution in [2.24, 2.45) is 0 Å². The molecule has 0 saturated heterocycles. The van der Waals surface area contributed by atoms with E-state index in [1.165, 1.54) is 4.90 Å². The number of carbonyl (C=O) groups is 2. The SMILES string of the molecule is COc1ccc(OC)c(C(C(=O)NC2CCCC2)N(C(=O)Cn2nnc3ccccc32)c2ccccc2)c1. The predicted octanol–water partition coefficient (Wildman–Crippen LogP) is 4.28. The average molecular weight is 514 g/mol. The van der Waals surface area contributed by atoms with Gasteiger partial charge in [-0.05, 0) is 55.3 Å². The summed E-state index contributed by atoms with van der Waals surface area (Å²) in [5.41, 5.74) is 2.54. The number of hydrogen-bond donors (Lipinski definition) is 1. The molecule has 1 aromatic heterocycles. The van der Waals surface area contributed by atoms with E-state index < -0.39 is 6.04 Å². The number of rotatable bonds is 9. The van der Waals surface area contributed by atoms with Crippen molar-refractivity contribution >= 4 is 28.5 Å². The Bertz CT molecular complexity index is 1420. The van der Waals surface area contributed by atoms with E-state index in [2.05, 4.69) is 15.6 Å². The number of para-hydroxylation sites is 2. The number of ether oxygens (including phenoxy) is 2. The maximum atomic E-state index is 14.2. The molecule has 1 heterocycles. The zero-order valence-corrected chi connectivity index (χ0v) is 21.5. The lowest BCUT2D eigenvalue weighted by atomic mass is 10.0. The minimum absolute atomic E-state index is 0.0635. The van der Waals surface area contributed by atoms with Gasteiger partial charge in [0, 0.05) is 17.3 Å². The number of anilines is 1. The van der Waals surface area contributed by atoms with E-state index in [1.807, 2.05) is 54.6 Å². The Labute approximate surface area is 221 Å². The first kappa shape index (κ1) is 25.3. The molecule has 2 amide bonds. The Hall–Kier alpha value is -4.40. The van der Waals surface area contributed by atoms with Crippen molar-refractivity contribution in [1.29, 1.82) is 0 Å². The maximum Gasteiger partial charge on any atom is 0.249 e. The largest absolute Gasteiger partial charge is 0.497 e. The number of nitrogens with one attached hydrogen (secondary N) is 1. The summed E-state index contributed by atoms with van der Waals surface area (Å²) in [6.07, 6.45) is 3.97. The summed E-state index contributed by atoms with van der Waals surface area (Å²) in [6, 6.07) is 21.0. The number of hydrogen-bond acceptors (Lipinski definition) is 6. The van der Waals surface area contributed by atoms with Crippen molar-refractivity contribution in [3.05, 3.63) is 78.4 Å². The highest BCUT2D eigenvalue weighted by Gasteiger charge is 2.36. The summed E-state index contributed by atoms with van der Waals surface area (Å²) in [5, 5.41) is 11.6. The number of nitrogens with zero attached hydrogens (tertiary/aromatic N) is 4. The van der Waals surface area contributed by atoms with Gasteiger partial charge in [-0.25, -0.2) is 4.68 Å². The zero-order valence-electron chi connectivity index (χ0n) is 21.5. The van der Waals surface area contributed by atoms with Crippen LogP contribution in [0.25, 0.3) is 11.0 Å². The van der Waals surface area contributed by atoms with E-state index in [-0.39, 0.29) is 24.4 Å². The summed E-state index contributed by atoms with van der Waals surface area (Å²) >= 11 is 0. The molecule has 5 rings (SSSR count). The fourth-order valence-corrected chi connectivity index (χ4v) is 5.07. The molecule has 1 aliphatic rings. The van der Waals surface area contributed by atoms with Crippen LogP contribution >= 0.6 is 0 Å². The number of aromatic nitrogens is 3. The van der Waals surface area contributed by atoms with Gasteiger partial charge in [0.15, 0.2) is 0 Å². The molecule has 9 nitrogen and oxygen atoms in total. The van der Waals surface area contributed by atoms with Crippen LogP contribution in [0.3, 0.4) is 0 Å². The molecule has 1 fully saturated rings. The molecule has 38 heavy (non-hydrogen) atoms. The first-order valence-electron chi connectivity index (χ1n) is 12.8. The van der Waals surface area contributed by atoms with E-state index in [4.69, 9.17) is 9.47 Å². The Kier molecular flexibility index (Phi) is 7.53. The number of fused-ring (bicyclic) bond motifs is 1. The number of amides is 2. The standard InChI is InChI=1S/C29H31N5O4/c1-37-22-16-17-26(38-2)23(18-22)28(29(36)30-20-10-6-7-11-20)34(21-12-4-3-5-13-21)27(35)19-33-25-15-9-8-14-24(25)31-32-33/h3-5,8-9,12-18,20,28H,6-7,10-11,19H2,1-2H3,(H,30,36). The number of methoxy groups -OCH3 is 2. The van der Waals surface area contributed by atoms with Crippen LogP contribution in [0, 0.1) is 0 Å². The molecule has 0 spiro atoms. The van der Waals surface area contributed by atoms with Gasteiger partial charge in [-0.3, -0.25) is 14.5 Å². The molecule has 0 radical (unpaired) electrons. The molecule has 1 aliphatic carbocycles. The number of benzene rings is 3. The van der Waals surface area contributed by atoms with Gasteiger partial charge >= 0.3 is 0 Å². The third-order valence-electron chi connectivity index (χ3n) is 6.95. The van der Waals surface area contributed by atoms with Crippen LogP contribution in [-0.2, 0) is 16.1 Å². The fraction of sp³-hybridized carbons (Fsp3) is 0.310. The lowest BCUT2D eigenvalue weighted by Crippen LogP contribution is -2.47. The van der Waals surface area contributed by atoms with Crippen molar-refractivity contribution in [2.45, 2.75) is 44.3 Å². The Balaban J connectivity index is 1.61. The summed E-state index contributed by atoms with van der Waals surface area (Å²) < 4.78 is 12.7. The molecule has 3 aromatic carbocycles. The molecule has 1 atom stereocenters. The van der Waals surface area contributed by atoms with E-state index in [9.17, 15) is 9.59 Å². The number of carbonyl (C=O) groups excluding carboxylic acids is 2. The Morgan fingerprint density at radius 2 is 1.74 bits per heavy atom. The molecular weight excluding hydrogens is 482 g/mol. The highest BCUT2D eigenvalue weighted by atomic mass is 16.5. The smallest absolute Gasteiger partial charge is 0.249 e. The molecule has 4 aromatic rings. The minimum atomic E-state index is -1.01. The van der Waals surface area contributed by atoms with Gasteiger partial charge in [0.2, 0.25) is 11.8 Å². The van der Waals surface area contributed by atoms with Gasteiger partial charge in [-0.1, -0.05) is 48.4 Å². The van der Waals surface area contributed by atoms with E-state index in [1.54, 1.807) is 37.1 Å². The van der Waals surface area contributed by atoms with Crippen molar-refractivity contribution in [3.63, 3.8) is 0 Å². The quantitative estimate of drug-likeness (QED) is 0.359. The second-order valence-electron chi connectivity index (χ2n) is 9.34. The molecular formula is C29H31N5O4. The van der Waals surface area contributed by atoms with E-state index >= 15 is 0 Å². The second kappa shape index (κ2) is 11.3. The molecule has 1 saturated carbocycles. The normalized spacial score (nSPS) is 14.3. The van der Waals surface area contributed by atoms with Crippen molar-refractivity contribution < 1.29 is 19.1 Å². The van der Waals surface area contributed by atoms with Crippen molar-refractivity contribution in [2.75, 3.05) is 19.1 Å². The molecule has 9 heteroatoms. The maximum absolute atomic E-state index is 14.2. The van der Waals surface area contributed by atoms with Crippen LogP contribution in [0.5, 0.6) is 11.5 Å². The fourth-order valence-electron chi connectivity index (χ4n) is 5.07. The van der Waals surface area contributed by atoms with E-state index in [0.717, 1.165) is 31.2 Å². The second-order valence-corrected chi connectivity index (χ2v) is 9.34. The van der Waals surface area contributed by atoms with Crippen LogP contribution in [0.4, 0.5) is 5.69 Å². The van der Waals surface area contributed by atoms with Crippen molar-refractivity contribution in [3.8, 4) is 11.5 Å². The molecule has 1 unspecified atom stereocenters. The highest BCUT2D eigenvalue weighted by molar-refractivity contribution is 6.02. The summed E-state index contributed by atoms with van der Waals surface area (Å²) in [4.78, 5) is 29.7. The van der Waals surface area contributed by atoms with Gasteiger partial charge in [-0.15, -0.1) is 5.10 Å². The molecule has 1 N–H and O–H groups in total. The molecule has 196 valence electrons. The van der Waals surface area contributed by atoms with Gasteiger partial charge in [0.25, 0.3) is 0 Å². The third kappa shape index (κ3) is 5.18.